The SMILES string of the molecule is O=C(/C=C/c1ccc2c(c1)OCCCO2)N1CCN([C@H]2CCS(=O)(=O)C2)CC1. The first-order valence-corrected chi connectivity index (χ1v) is 11.6. The molecule has 0 aromatic heterocycles. The first kappa shape index (κ1) is 19.3. The molecule has 0 radical (unpaired) electrons. The molecule has 1 aromatic rings. The van der Waals surface area contributed by atoms with E-state index in [0.29, 0.717) is 38.5 Å². The van der Waals surface area contributed by atoms with Gasteiger partial charge in [-0.15, -0.1) is 0 Å². The standard InChI is InChI=1S/C20H26N2O5S/c23-20(5-3-16-2-4-18-19(14-16)27-12-1-11-26-18)22-9-7-21(8-10-22)17-6-13-28(24,25)15-17/h2-5,14,17H,1,6-13,15H2/b5-3+/t17-/m0/s1. The molecule has 0 unspecified atom stereocenters. The molecule has 0 bridgehead atoms. The van der Waals surface area contributed by atoms with Crippen LogP contribution in [0.25, 0.3) is 6.08 Å². The Kier molecular flexibility index (Phi) is 5.59. The molecule has 1 aromatic carbocycles. The summed E-state index contributed by atoms with van der Waals surface area (Å²) < 4.78 is 34.6. The van der Waals surface area contributed by atoms with E-state index in [9.17, 15) is 13.2 Å². The van der Waals surface area contributed by atoms with Gasteiger partial charge in [0.2, 0.25) is 5.91 Å². The summed E-state index contributed by atoms with van der Waals surface area (Å²) >= 11 is 0. The molecule has 3 aliphatic rings. The summed E-state index contributed by atoms with van der Waals surface area (Å²) in [6.07, 6.45) is 4.96. The molecule has 1 atom stereocenters. The van der Waals surface area contributed by atoms with Gasteiger partial charge < -0.3 is 14.4 Å². The Hall–Kier alpha value is -2.06. The average molecular weight is 407 g/mol. The number of nitrogens with zero attached hydrogens (tertiary/aromatic N) is 2. The Labute approximate surface area is 165 Å². The van der Waals surface area contributed by atoms with Crippen LogP contribution in [-0.2, 0) is 14.6 Å². The monoisotopic (exact) mass is 406 g/mol. The molecule has 7 nitrogen and oxygen atoms in total. The summed E-state index contributed by atoms with van der Waals surface area (Å²) in [5.74, 6) is 1.98. The van der Waals surface area contributed by atoms with Crippen molar-refractivity contribution >= 4 is 21.8 Å². The van der Waals surface area contributed by atoms with E-state index in [0.717, 1.165) is 30.8 Å². The fraction of sp³-hybridized carbons (Fsp3) is 0.550. The lowest BCUT2D eigenvalue weighted by molar-refractivity contribution is -0.127. The zero-order valence-corrected chi connectivity index (χ0v) is 16.7. The highest BCUT2D eigenvalue weighted by Crippen LogP contribution is 2.30. The second-order valence-corrected chi connectivity index (χ2v) is 9.74. The van der Waals surface area contributed by atoms with E-state index in [4.69, 9.17) is 9.47 Å². The maximum absolute atomic E-state index is 12.5. The van der Waals surface area contributed by atoms with Crippen molar-refractivity contribution in [1.29, 1.82) is 0 Å². The molecule has 3 aliphatic heterocycles. The molecular weight excluding hydrogens is 380 g/mol. The van der Waals surface area contributed by atoms with E-state index in [1.807, 2.05) is 23.1 Å². The predicted molar refractivity (Wildman–Crippen MR) is 106 cm³/mol. The molecule has 2 fully saturated rings. The second kappa shape index (κ2) is 8.13. The summed E-state index contributed by atoms with van der Waals surface area (Å²) in [5, 5.41) is 0. The summed E-state index contributed by atoms with van der Waals surface area (Å²) in [6.45, 7) is 3.99. The second-order valence-electron chi connectivity index (χ2n) is 7.51. The molecule has 4 rings (SSSR count). The lowest BCUT2D eigenvalue weighted by Crippen LogP contribution is -2.52. The minimum Gasteiger partial charge on any atom is -0.490 e. The number of rotatable bonds is 3. The van der Waals surface area contributed by atoms with Gasteiger partial charge in [0.15, 0.2) is 21.3 Å². The molecule has 0 spiro atoms. The van der Waals surface area contributed by atoms with Crippen molar-refractivity contribution in [3.05, 3.63) is 29.8 Å². The number of carbonyl (C=O) groups excluding carboxylic acids is 1. The Morgan fingerprint density at radius 2 is 1.82 bits per heavy atom. The van der Waals surface area contributed by atoms with E-state index < -0.39 is 9.84 Å². The van der Waals surface area contributed by atoms with Crippen LogP contribution < -0.4 is 9.47 Å². The van der Waals surface area contributed by atoms with E-state index in [1.54, 1.807) is 12.2 Å². The minimum atomic E-state index is -2.88. The quantitative estimate of drug-likeness (QED) is 0.702. The number of amides is 1. The highest BCUT2D eigenvalue weighted by atomic mass is 32.2. The van der Waals surface area contributed by atoms with Gasteiger partial charge in [-0.2, -0.15) is 0 Å². The van der Waals surface area contributed by atoms with Crippen LogP contribution in [0.3, 0.4) is 0 Å². The van der Waals surface area contributed by atoms with E-state index >= 15 is 0 Å². The summed E-state index contributed by atoms with van der Waals surface area (Å²) in [4.78, 5) is 16.5. The van der Waals surface area contributed by atoms with Crippen LogP contribution in [0.5, 0.6) is 11.5 Å². The van der Waals surface area contributed by atoms with Crippen molar-refractivity contribution in [3.63, 3.8) is 0 Å². The number of benzene rings is 1. The summed E-state index contributed by atoms with van der Waals surface area (Å²) in [6, 6.07) is 5.79. The van der Waals surface area contributed by atoms with Gasteiger partial charge in [0.25, 0.3) is 0 Å². The lowest BCUT2D eigenvalue weighted by atomic mass is 10.1. The number of carbonyl (C=O) groups is 1. The van der Waals surface area contributed by atoms with Gasteiger partial charge >= 0.3 is 0 Å². The lowest BCUT2D eigenvalue weighted by Gasteiger charge is -2.37. The van der Waals surface area contributed by atoms with Gasteiger partial charge in [-0.1, -0.05) is 6.07 Å². The Bertz CT molecular complexity index is 859. The Morgan fingerprint density at radius 1 is 1.07 bits per heavy atom. The Balaban J connectivity index is 1.31. The molecular formula is C20H26N2O5S. The molecule has 3 heterocycles. The fourth-order valence-electron chi connectivity index (χ4n) is 3.93. The van der Waals surface area contributed by atoms with Crippen LogP contribution in [0, 0.1) is 0 Å². The Morgan fingerprint density at radius 3 is 2.54 bits per heavy atom. The normalized spacial score (nSPS) is 25.0. The van der Waals surface area contributed by atoms with Crippen LogP contribution in [0.1, 0.15) is 18.4 Å². The van der Waals surface area contributed by atoms with Crippen molar-refractivity contribution < 1.29 is 22.7 Å². The summed E-state index contributed by atoms with van der Waals surface area (Å²) in [5.41, 5.74) is 0.896. The van der Waals surface area contributed by atoms with Gasteiger partial charge in [-0.3, -0.25) is 9.69 Å². The van der Waals surface area contributed by atoms with Gasteiger partial charge in [0.05, 0.1) is 24.7 Å². The van der Waals surface area contributed by atoms with Gasteiger partial charge in [-0.25, -0.2) is 8.42 Å². The van der Waals surface area contributed by atoms with Crippen LogP contribution in [0.15, 0.2) is 24.3 Å². The third kappa shape index (κ3) is 4.50. The highest BCUT2D eigenvalue weighted by Gasteiger charge is 2.34. The van der Waals surface area contributed by atoms with Crippen molar-refractivity contribution in [1.82, 2.24) is 9.80 Å². The van der Waals surface area contributed by atoms with Crippen LogP contribution in [-0.4, -0.2) is 81.1 Å². The number of hydrogen-bond donors (Lipinski definition) is 0. The van der Waals surface area contributed by atoms with E-state index in [1.165, 1.54) is 0 Å². The third-order valence-corrected chi connectivity index (χ3v) is 7.29. The molecule has 152 valence electrons. The topological polar surface area (TPSA) is 76.2 Å². The maximum atomic E-state index is 12.5. The number of sulfone groups is 1. The molecule has 0 N–H and O–H groups in total. The van der Waals surface area contributed by atoms with Crippen molar-refractivity contribution in [2.75, 3.05) is 50.9 Å². The molecule has 2 saturated heterocycles. The highest BCUT2D eigenvalue weighted by molar-refractivity contribution is 7.91. The number of ether oxygens (including phenoxy) is 2. The molecule has 8 heteroatoms. The minimum absolute atomic E-state index is 0.0224. The fourth-order valence-corrected chi connectivity index (χ4v) is 5.69. The predicted octanol–water partition coefficient (Wildman–Crippen LogP) is 1.19. The number of fused-ring (bicyclic) bond motifs is 1. The third-order valence-electron chi connectivity index (χ3n) is 5.54. The summed E-state index contributed by atoms with van der Waals surface area (Å²) in [7, 11) is -2.88. The average Bonchev–Trinajstić information content (AvgIpc) is 2.91. The molecule has 0 saturated carbocycles. The van der Waals surface area contributed by atoms with Crippen molar-refractivity contribution in [2.45, 2.75) is 18.9 Å². The van der Waals surface area contributed by atoms with Crippen molar-refractivity contribution in [3.8, 4) is 11.5 Å². The number of hydrogen-bond acceptors (Lipinski definition) is 6. The van der Waals surface area contributed by atoms with Crippen LogP contribution >= 0.6 is 0 Å². The zero-order valence-electron chi connectivity index (χ0n) is 15.9. The van der Waals surface area contributed by atoms with Crippen LogP contribution in [0.4, 0.5) is 0 Å². The number of piperazine rings is 1. The van der Waals surface area contributed by atoms with Crippen molar-refractivity contribution in [2.24, 2.45) is 0 Å². The van der Waals surface area contributed by atoms with Gasteiger partial charge in [0, 0.05) is 44.7 Å². The van der Waals surface area contributed by atoms with Crippen LogP contribution in [0.2, 0.25) is 0 Å². The van der Waals surface area contributed by atoms with E-state index in [2.05, 4.69) is 4.90 Å². The van der Waals surface area contributed by atoms with Gasteiger partial charge in [0.1, 0.15) is 0 Å². The smallest absolute Gasteiger partial charge is 0.246 e. The largest absolute Gasteiger partial charge is 0.490 e. The van der Waals surface area contributed by atoms with Gasteiger partial charge in [-0.05, 0) is 30.2 Å². The maximum Gasteiger partial charge on any atom is 0.246 e. The first-order chi connectivity index (χ1) is 13.5. The zero-order chi connectivity index (χ0) is 19.6. The molecule has 28 heavy (non-hydrogen) atoms. The molecule has 0 aliphatic carbocycles. The van der Waals surface area contributed by atoms with E-state index in [-0.39, 0.29) is 23.5 Å². The molecule has 1 amide bonds. The first-order valence-electron chi connectivity index (χ1n) is 9.81.